The minimum Gasteiger partial charge on any atom is -0.508 e. The molecule has 3 aromatic carbocycles. The highest BCUT2D eigenvalue weighted by Crippen LogP contribution is 2.17. The normalized spacial score (nSPS) is 17.3. The summed E-state index contributed by atoms with van der Waals surface area (Å²) in [6.45, 7) is 4.31. The van der Waals surface area contributed by atoms with Crippen LogP contribution in [0.5, 0.6) is 5.75 Å². The fourth-order valence-corrected chi connectivity index (χ4v) is 5.39. The van der Waals surface area contributed by atoms with Crippen molar-refractivity contribution >= 4 is 23.5 Å². The van der Waals surface area contributed by atoms with Crippen LogP contribution in [0.3, 0.4) is 0 Å². The molecule has 2 atom stereocenters. The fourth-order valence-electron chi connectivity index (χ4n) is 5.39. The number of likely N-dealkylation sites (tertiary alicyclic amines) is 1. The van der Waals surface area contributed by atoms with Crippen molar-refractivity contribution in [1.29, 1.82) is 5.26 Å². The van der Waals surface area contributed by atoms with Crippen LogP contribution in [0.1, 0.15) is 33.5 Å². The van der Waals surface area contributed by atoms with Crippen molar-refractivity contribution in [1.82, 2.24) is 20.4 Å². The van der Waals surface area contributed by atoms with Crippen LogP contribution in [-0.4, -0.2) is 84.2 Å². The molecule has 0 aromatic heterocycles. The summed E-state index contributed by atoms with van der Waals surface area (Å²) in [6, 6.07) is 21.3. The maximum Gasteiger partial charge on any atom is 0.319 e. The first kappa shape index (κ1) is 30.5. The second kappa shape index (κ2) is 14.5. The molecule has 0 aliphatic carbocycles. The summed E-state index contributed by atoms with van der Waals surface area (Å²) in [6.07, 6.45) is 1.00. The Morgan fingerprint density at radius 2 is 1.61 bits per heavy atom. The van der Waals surface area contributed by atoms with Crippen molar-refractivity contribution in [3.63, 3.8) is 0 Å². The van der Waals surface area contributed by atoms with E-state index in [9.17, 15) is 19.5 Å². The van der Waals surface area contributed by atoms with E-state index in [0.717, 1.165) is 24.1 Å². The van der Waals surface area contributed by atoms with Crippen molar-refractivity contribution in [3.8, 4) is 11.8 Å². The van der Waals surface area contributed by atoms with Crippen LogP contribution in [0.4, 0.5) is 10.5 Å². The van der Waals surface area contributed by atoms with Gasteiger partial charge < -0.3 is 30.7 Å². The fraction of sp³-hybridized carbons (Fsp3) is 0.333. The molecule has 4 N–H and O–H groups in total. The number of morpholine rings is 1. The SMILES string of the molecule is N#Cc1ccc(CN2CCC(NC(=O)[C@H](Cc3ccc(O)cc3)NC(=O)Nc3ccc(C(=O)N4CCOCC4)cc3)C2)cc1. The third-order valence-corrected chi connectivity index (χ3v) is 7.79. The molecule has 0 radical (unpaired) electrons. The Balaban J connectivity index is 1.18. The molecule has 5 rings (SSSR count). The quantitative estimate of drug-likeness (QED) is 0.297. The number of benzene rings is 3. The summed E-state index contributed by atoms with van der Waals surface area (Å²) in [5.74, 6) is -0.272. The Labute approximate surface area is 256 Å². The van der Waals surface area contributed by atoms with Crippen molar-refractivity contribution < 1.29 is 24.2 Å². The molecule has 0 spiro atoms. The van der Waals surface area contributed by atoms with Gasteiger partial charge in [-0.3, -0.25) is 14.5 Å². The number of anilines is 1. The van der Waals surface area contributed by atoms with Crippen molar-refractivity contribution in [3.05, 3.63) is 95.1 Å². The number of nitrogens with one attached hydrogen (secondary N) is 3. The van der Waals surface area contributed by atoms with Crippen molar-refractivity contribution in [2.24, 2.45) is 0 Å². The summed E-state index contributed by atoms with van der Waals surface area (Å²) in [7, 11) is 0. The van der Waals surface area contributed by atoms with Crippen molar-refractivity contribution in [2.75, 3.05) is 44.7 Å². The van der Waals surface area contributed by atoms with Gasteiger partial charge in [-0.25, -0.2) is 4.79 Å². The monoisotopic (exact) mass is 596 g/mol. The van der Waals surface area contributed by atoms with Gasteiger partial charge in [-0.2, -0.15) is 5.26 Å². The molecular weight excluding hydrogens is 560 g/mol. The highest BCUT2D eigenvalue weighted by atomic mass is 16.5. The minimum atomic E-state index is -0.866. The molecule has 2 aliphatic rings. The molecule has 44 heavy (non-hydrogen) atoms. The number of amides is 4. The van der Waals surface area contributed by atoms with Gasteiger partial charge in [0, 0.05) is 56.4 Å². The molecule has 228 valence electrons. The zero-order chi connectivity index (χ0) is 30.9. The number of phenols is 1. The number of nitriles is 1. The Kier molecular flexibility index (Phi) is 10.1. The van der Waals surface area contributed by atoms with Gasteiger partial charge in [0.1, 0.15) is 11.8 Å². The van der Waals surface area contributed by atoms with Crippen LogP contribution >= 0.6 is 0 Å². The van der Waals surface area contributed by atoms with Crippen LogP contribution < -0.4 is 16.0 Å². The van der Waals surface area contributed by atoms with E-state index < -0.39 is 12.1 Å². The average Bonchev–Trinajstić information content (AvgIpc) is 3.48. The number of hydrogen-bond donors (Lipinski definition) is 4. The van der Waals surface area contributed by atoms with E-state index in [1.54, 1.807) is 65.6 Å². The lowest BCUT2D eigenvalue weighted by atomic mass is 10.0. The largest absolute Gasteiger partial charge is 0.508 e. The lowest BCUT2D eigenvalue weighted by Gasteiger charge is -2.26. The lowest BCUT2D eigenvalue weighted by molar-refractivity contribution is -0.123. The topological polar surface area (TPSA) is 147 Å². The highest BCUT2D eigenvalue weighted by Gasteiger charge is 2.28. The van der Waals surface area contributed by atoms with Gasteiger partial charge in [0.25, 0.3) is 5.91 Å². The molecule has 1 unspecified atom stereocenters. The van der Waals surface area contributed by atoms with Gasteiger partial charge in [0.15, 0.2) is 0 Å². The first-order chi connectivity index (χ1) is 21.4. The van der Waals surface area contributed by atoms with Gasteiger partial charge in [-0.1, -0.05) is 24.3 Å². The van der Waals surface area contributed by atoms with Crippen LogP contribution in [0, 0.1) is 11.3 Å². The van der Waals surface area contributed by atoms with Crippen LogP contribution in [0.2, 0.25) is 0 Å². The van der Waals surface area contributed by atoms with E-state index in [4.69, 9.17) is 10.00 Å². The van der Waals surface area contributed by atoms with Gasteiger partial charge in [0.05, 0.1) is 24.8 Å². The van der Waals surface area contributed by atoms with Gasteiger partial charge in [-0.15, -0.1) is 0 Å². The Morgan fingerprint density at radius 3 is 2.30 bits per heavy atom. The molecule has 2 saturated heterocycles. The predicted octanol–water partition coefficient (Wildman–Crippen LogP) is 2.86. The van der Waals surface area contributed by atoms with E-state index in [2.05, 4.69) is 26.9 Å². The molecule has 4 amide bonds. The summed E-state index contributed by atoms with van der Waals surface area (Å²) in [5.41, 5.74) is 3.50. The van der Waals surface area contributed by atoms with Gasteiger partial charge >= 0.3 is 6.03 Å². The second-order valence-electron chi connectivity index (χ2n) is 11.0. The van der Waals surface area contributed by atoms with Crippen LogP contribution in [-0.2, 0) is 22.5 Å². The predicted molar refractivity (Wildman–Crippen MR) is 164 cm³/mol. The molecule has 11 nitrogen and oxygen atoms in total. The van der Waals surface area contributed by atoms with Crippen LogP contribution in [0.15, 0.2) is 72.8 Å². The number of aromatic hydroxyl groups is 1. The number of ether oxygens (including phenoxy) is 1. The number of hydrogen-bond acceptors (Lipinski definition) is 7. The summed E-state index contributed by atoms with van der Waals surface area (Å²) in [4.78, 5) is 43.2. The number of urea groups is 1. The first-order valence-corrected chi connectivity index (χ1v) is 14.7. The third-order valence-electron chi connectivity index (χ3n) is 7.79. The molecule has 0 bridgehead atoms. The molecule has 3 aromatic rings. The molecule has 0 saturated carbocycles. The standard InChI is InChI=1S/C33H36N6O5/c34-20-24-1-3-25(4-2-24)21-38-14-13-28(22-38)35-31(41)30(19-23-5-11-29(40)12-6-23)37-33(43)36-27-9-7-26(8-10-27)32(42)39-15-17-44-18-16-39/h1-12,28,30,40H,13-19,21-22H2,(H,35,41)(H2,36,37,43)/t28?,30-/m0/s1. The number of carbonyl (C=O) groups excluding carboxylic acids is 3. The average molecular weight is 597 g/mol. The summed E-state index contributed by atoms with van der Waals surface area (Å²) < 4.78 is 5.31. The Bertz CT molecular complexity index is 1480. The first-order valence-electron chi connectivity index (χ1n) is 14.7. The molecule has 2 fully saturated rings. The number of nitrogens with zero attached hydrogens (tertiary/aromatic N) is 3. The van der Waals surface area contributed by atoms with Crippen LogP contribution in [0.25, 0.3) is 0 Å². The van der Waals surface area contributed by atoms with Gasteiger partial charge in [0.2, 0.25) is 5.91 Å². The summed E-state index contributed by atoms with van der Waals surface area (Å²) in [5, 5.41) is 27.4. The van der Waals surface area contributed by atoms with Gasteiger partial charge in [-0.05, 0) is 66.1 Å². The van der Waals surface area contributed by atoms with E-state index in [1.165, 1.54) is 0 Å². The van der Waals surface area contributed by atoms with Crippen molar-refractivity contribution in [2.45, 2.75) is 31.5 Å². The van der Waals surface area contributed by atoms with E-state index in [-0.39, 0.29) is 30.0 Å². The van der Waals surface area contributed by atoms with E-state index in [0.29, 0.717) is 56.2 Å². The number of phenolic OH excluding ortho intramolecular Hbond substituents is 1. The van der Waals surface area contributed by atoms with E-state index >= 15 is 0 Å². The number of carbonyl (C=O) groups is 3. The summed E-state index contributed by atoms with van der Waals surface area (Å²) >= 11 is 0. The zero-order valence-corrected chi connectivity index (χ0v) is 24.4. The zero-order valence-electron chi connectivity index (χ0n) is 24.4. The highest BCUT2D eigenvalue weighted by molar-refractivity contribution is 5.96. The minimum absolute atomic E-state index is 0.0791. The molecule has 2 aliphatic heterocycles. The third kappa shape index (κ3) is 8.34. The second-order valence-corrected chi connectivity index (χ2v) is 11.0. The maximum atomic E-state index is 13.5. The molecule has 2 heterocycles. The molecular formula is C33H36N6O5. The smallest absolute Gasteiger partial charge is 0.319 e. The Hall–Kier alpha value is -4.92. The Morgan fingerprint density at radius 1 is 0.932 bits per heavy atom. The maximum absolute atomic E-state index is 13.5. The lowest BCUT2D eigenvalue weighted by Crippen LogP contribution is -2.52. The number of rotatable bonds is 9. The van der Waals surface area contributed by atoms with E-state index in [1.807, 2.05) is 12.1 Å². The molecule has 11 heteroatoms.